The van der Waals surface area contributed by atoms with E-state index in [9.17, 15) is 4.39 Å². The Morgan fingerprint density at radius 2 is 1.68 bits per heavy atom. The third kappa shape index (κ3) is 3.33. The van der Waals surface area contributed by atoms with E-state index >= 15 is 0 Å². The Hall–Kier alpha value is -3.29. The Bertz CT molecular complexity index is 954. The first-order chi connectivity index (χ1) is 13.7. The zero-order valence-electron chi connectivity index (χ0n) is 15.8. The summed E-state index contributed by atoms with van der Waals surface area (Å²) in [5, 5.41) is 4.10. The maximum atomic E-state index is 14.0. The lowest BCUT2D eigenvalue weighted by Crippen LogP contribution is -2.47. The maximum Gasteiger partial charge on any atom is 0.324 e. The highest BCUT2D eigenvalue weighted by atomic mass is 19.1. The first-order valence-electron chi connectivity index (χ1n) is 9.00. The molecule has 1 aromatic heterocycles. The highest BCUT2D eigenvalue weighted by Gasteiger charge is 2.24. The molecule has 2 heterocycles. The largest absolute Gasteiger partial charge is 0.493 e. The van der Waals surface area contributed by atoms with Gasteiger partial charge in [-0.25, -0.2) is 4.39 Å². The van der Waals surface area contributed by atoms with Crippen LogP contribution in [0, 0.1) is 5.82 Å². The van der Waals surface area contributed by atoms with Gasteiger partial charge in [0.05, 0.1) is 25.5 Å². The third-order valence-corrected chi connectivity index (χ3v) is 4.80. The van der Waals surface area contributed by atoms with Crippen LogP contribution < -0.4 is 19.3 Å². The van der Waals surface area contributed by atoms with Gasteiger partial charge in [-0.15, -0.1) is 0 Å². The second-order valence-corrected chi connectivity index (χ2v) is 6.37. The number of para-hydroxylation sites is 2. The Kier molecular flexibility index (Phi) is 5.01. The van der Waals surface area contributed by atoms with Crippen molar-refractivity contribution in [3.8, 4) is 22.9 Å². The van der Waals surface area contributed by atoms with E-state index in [1.165, 1.54) is 6.07 Å². The minimum absolute atomic E-state index is 0.207. The molecule has 0 atom stereocenters. The molecular weight excluding hydrogens is 363 g/mol. The Labute approximate surface area is 162 Å². The van der Waals surface area contributed by atoms with Gasteiger partial charge in [-0.1, -0.05) is 23.4 Å². The van der Waals surface area contributed by atoms with Crippen LogP contribution in [0.3, 0.4) is 0 Å². The molecule has 8 heteroatoms. The average Bonchev–Trinajstić information content (AvgIpc) is 3.23. The summed E-state index contributed by atoms with van der Waals surface area (Å²) in [6.45, 7) is 2.65. The number of halogens is 1. The summed E-state index contributed by atoms with van der Waals surface area (Å²) in [5.41, 5.74) is 1.32. The lowest BCUT2D eigenvalue weighted by Gasteiger charge is -2.35. The molecule has 0 bridgehead atoms. The Morgan fingerprint density at radius 3 is 2.39 bits per heavy atom. The first kappa shape index (κ1) is 18.1. The summed E-state index contributed by atoms with van der Waals surface area (Å²) in [6, 6.07) is 12.8. The number of hydrogen-bond donors (Lipinski definition) is 0. The molecule has 4 rings (SSSR count). The fourth-order valence-corrected chi connectivity index (χ4v) is 3.36. The molecule has 1 aliphatic heterocycles. The molecule has 3 aromatic rings. The van der Waals surface area contributed by atoms with Gasteiger partial charge < -0.3 is 23.8 Å². The van der Waals surface area contributed by atoms with Crippen LogP contribution in [0.2, 0.25) is 0 Å². The van der Waals surface area contributed by atoms with Crippen molar-refractivity contribution in [1.82, 2.24) is 10.1 Å². The summed E-state index contributed by atoms with van der Waals surface area (Å²) in [7, 11) is 3.16. The predicted molar refractivity (Wildman–Crippen MR) is 104 cm³/mol. The molecule has 0 radical (unpaired) electrons. The number of piperazine rings is 1. The predicted octanol–water partition coefficient (Wildman–Crippen LogP) is 3.22. The van der Waals surface area contributed by atoms with Gasteiger partial charge in [-0.2, -0.15) is 4.98 Å². The molecule has 7 nitrogen and oxygen atoms in total. The summed E-state index contributed by atoms with van der Waals surface area (Å²) in [6.07, 6.45) is 0. The molecule has 1 fully saturated rings. The molecule has 1 saturated heterocycles. The maximum absolute atomic E-state index is 14.0. The quantitative estimate of drug-likeness (QED) is 0.669. The van der Waals surface area contributed by atoms with E-state index in [-0.39, 0.29) is 5.82 Å². The lowest BCUT2D eigenvalue weighted by atomic mass is 10.2. The Balaban J connectivity index is 1.50. The molecule has 0 unspecified atom stereocenters. The normalized spacial score (nSPS) is 14.2. The topological polar surface area (TPSA) is 63.9 Å². The van der Waals surface area contributed by atoms with Gasteiger partial charge >= 0.3 is 6.01 Å². The van der Waals surface area contributed by atoms with Gasteiger partial charge in [0.1, 0.15) is 5.82 Å². The van der Waals surface area contributed by atoms with Crippen molar-refractivity contribution >= 4 is 11.7 Å². The van der Waals surface area contributed by atoms with E-state index in [4.69, 9.17) is 14.0 Å². The molecule has 0 saturated carbocycles. The SMILES string of the molecule is COc1cccc(-c2noc(N3CCN(c4ccccc4F)CC3)n2)c1OC. The van der Waals surface area contributed by atoms with Gasteiger partial charge in [-0.05, 0) is 24.3 Å². The van der Waals surface area contributed by atoms with E-state index < -0.39 is 0 Å². The highest BCUT2D eigenvalue weighted by molar-refractivity contribution is 5.69. The highest BCUT2D eigenvalue weighted by Crippen LogP contribution is 2.37. The van der Waals surface area contributed by atoms with Gasteiger partial charge in [0.2, 0.25) is 5.82 Å². The number of anilines is 2. The van der Waals surface area contributed by atoms with Crippen molar-refractivity contribution in [2.75, 3.05) is 50.2 Å². The van der Waals surface area contributed by atoms with Crippen LogP contribution in [-0.2, 0) is 0 Å². The zero-order valence-corrected chi connectivity index (χ0v) is 15.8. The summed E-state index contributed by atoms with van der Waals surface area (Å²) in [4.78, 5) is 8.55. The van der Waals surface area contributed by atoms with Gasteiger partial charge in [0, 0.05) is 26.2 Å². The fourth-order valence-electron chi connectivity index (χ4n) is 3.36. The second-order valence-electron chi connectivity index (χ2n) is 6.37. The van der Waals surface area contributed by atoms with Crippen LogP contribution in [0.5, 0.6) is 11.5 Å². The number of hydrogen-bond acceptors (Lipinski definition) is 7. The van der Waals surface area contributed by atoms with Crippen LogP contribution in [0.25, 0.3) is 11.4 Å². The summed E-state index contributed by atoms with van der Waals surface area (Å²) >= 11 is 0. The van der Waals surface area contributed by atoms with Crippen molar-refractivity contribution in [1.29, 1.82) is 0 Å². The monoisotopic (exact) mass is 384 g/mol. The molecular formula is C20H21FN4O3. The van der Waals surface area contributed by atoms with Crippen LogP contribution in [0.15, 0.2) is 47.0 Å². The van der Waals surface area contributed by atoms with E-state index in [2.05, 4.69) is 10.1 Å². The number of rotatable bonds is 5. The van der Waals surface area contributed by atoms with Crippen molar-refractivity contribution in [3.63, 3.8) is 0 Å². The summed E-state index contributed by atoms with van der Waals surface area (Å²) < 4.78 is 30.2. The van der Waals surface area contributed by atoms with Crippen molar-refractivity contribution in [3.05, 3.63) is 48.3 Å². The van der Waals surface area contributed by atoms with Gasteiger partial charge in [-0.3, -0.25) is 0 Å². The standard InChI is InChI=1S/C20H21FN4O3/c1-26-17-9-5-6-14(18(17)27-2)19-22-20(28-23-19)25-12-10-24(11-13-25)16-8-4-3-7-15(16)21/h3-9H,10-13H2,1-2H3. The van der Waals surface area contributed by atoms with E-state index in [0.717, 1.165) is 0 Å². The fraction of sp³-hybridized carbons (Fsp3) is 0.300. The lowest BCUT2D eigenvalue weighted by molar-refractivity contribution is 0.355. The van der Waals surface area contributed by atoms with Gasteiger partial charge in [0.15, 0.2) is 11.5 Å². The molecule has 0 aliphatic carbocycles. The van der Waals surface area contributed by atoms with Crippen molar-refractivity contribution in [2.45, 2.75) is 0 Å². The molecule has 0 amide bonds. The number of ether oxygens (including phenoxy) is 2. The number of benzene rings is 2. The van der Waals surface area contributed by atoms with E-state index in [0.29, 0.717) is 60.8 Å². The first-order valence-corrected chi connectivity index (χ1v) is 9.00. The molecule has 2 aromatic carbocycles. The van der Waals surface area contributed by atoms with Gasteiger partial charge in [0.25, 0.3) is 0 Å². The van der Waals surface area contributed by atoms with Crippen LogP contribution in [0.4, 0.5) is 16.1 Å². The molecule has 0 spiro atoms. The number of aromatic nitrogens is 2. The second kappa shape index (κ2) is 7.75. The average molecular weight is 384 g/mol. The van der Waals surface area contributed by atoms with Crippen molar-refractivity contribution < 1.29 is 18.4 Å². The third-order valence-electron chi connectivity index (χ3n) is 4.80. The van der Waals surface area contributed by atoms with Crippen LogP contribution in [-0.4, -0.2) is 50.5 Å². The zero-order chi connectivity index (χ0) is 19.5. The molecule has 28 heavy (non-hydrogen) atoms. The molecule has 1 aliphatic rings. The minimum Gasteiger partial charge on any atom is -0.493 e. The summed E-state index contributed by atoms with van der Waals surface area (Å²) in [5.74, 6) is 1.38. The molecule has 146 valence electrons. The van der Waals surface area contributed by atoms with E-state index in [1.54, 1.807) is 26.4 Å². The van der Waals surface area contributed by atoms with Crippen LogP contribution in [0.1, 0.15) is 0 Å². The number of methoxy groups -OCH3 is 2. The minimum atomic E-state index is -0.207. The van der Waals surface area contributed by atoms with E-state index in [1.807, 2.05) is 34.1 Å². The van der Waals surface area contributed by atoms with Crippen LogP contribution >= 0.6 is 0 Å². The number of nitrogens with zero attached hydrogens (tertiary/aromatic N) is 4. The van der Waals surface area contributed by atoms with Crippen molar-refractivity contribution in [2.24, 2.45) is 0 Å². The smallest absolute Gasteiger partial charge is 0.324 e. The molecule has 0 N–H and O–H groups in total. The Morgan fingerprint density at radius 1 is 0.929 bits per heavy atom.